The number of carbonyl (C=O) groups is 1. The van der Waals surface area contributed by atoms with Crippen LogP contribution in [0.25, 0.3) is 0 Å². The van der Waals surface area contributed by atoms with Gasteiger partial charge in [0.2, 0.25) is 5.96 Å². The molecule has 1 atom stereocenters. The summed E-state index contributed by atoms with van der Waals surface area (Å²) in [4.78, 5) is 15.7. The Morgan fingerprint density at radius 3 is 2.17 bits per heavy atom. The predicted molar refractivity (Wildman–Crippen MR) is 126 cm³/mol. The van der Waals surface area contributed by atoms with Gasteiger partial charge in [0.15, 0.2) is 6.23 Å². The number of guanidine groups is 1. The van der Waals surface area contributed by atoms with Gasteiger partial charge in [-0.05, 0) is 45.1 Å². The van der Waals surface area contributed by atoms with E-state index in [4.69, 9.17) is 0 Å². The molecule has 0 aromatic rings. The maximum absolute atomic E-state index is 11.8. The number of amides is 2. The van der Waals surface area contributed by atoms with Crippen LogP contribution in [0.4, 0.5) is 4.79 Å². The lowest BCUT2D eigenvalue weighted by Gasteiger charge is -2.17. The summed E-state index contributed by atoms with van der Waals surface area (Å²) in [5.41, 5.74) is 0.765. The number of hydrogen-bond acceptors (Lipinski definition) is 4. The quantitative estimate of drug-likeness (QED) is 0.196. The highest BCUT2D eigenvalue weighted by molar-refractivity contribution is 5.97. The fourth-order valence-electron chi connectivity index (χ4n) is 3.44. The minimum Gasteiger partial charge on any atom is -0.368 e. The first-order chi connectivity index (χ1) is 14.6. The molecule has 2 amide bonds. The number of rotatable bonds is 16. The molecule has 30 heavy (non-hydrogen) atoms. The summed E-state index contributed by atoms with van der Waals surface area (Å²) in [6.07, 6.45) is 23.2. The highest BCUT2D eigenvalue weighted by atomic mass is 16.3. The average Bonchev–Trinajstić information content (AvgIpc) is 2.69. The van der Waals surface area contributed by atoms with Crippen molar-refractivity contribution in [3.8, 4) is 0 Å². The lowest BCUT2D eigenvalue weighted by molar-refractivity contribution is 0.228. The molecule has 0 saturated carbocycles. The van der Waals surface area contributed by atoms with E-state index in [0.29, 0.717) is 6.54 Å². The number of aliphatic imine (C=N–C) groups is 1. The minimum atomic E-state index is -0.905. The molecule has 0 aromatic carbocycles. The number of carbonyl (C=O) groups excluding carboxylic acids is 1. The third-order valence-corrected chi connectivity index (χ3v) is 5.18. The first kappa shape index (κ1) is 26.2. The Labute approximate surface area is 183 Å². The van der Waals surface area contributed by atoms with Crippen LogP contribution >= 0.6 is 0 Å². The van der Waals surface area contributed by atoms with Crippen molar-refractivity contribution in [2.45, 2.75) is 110 Å². The number of unbranched alkanes of at least 4 members (excludes halogenated alkanes) is 12. The van der Waals surface area contributed by atoms with E-state index in [9.17, 15) is 9.90 Å². The molecule has 0 saturated heterocycles. The van der Waals surface area contributed by atoms with Gasteiger partial charge in [-0.25, -0.2) is 9.79 Å². The lowest BCUT2D eigenvalue weighted by Crippen LogP contribution is -2.47. The summed E-state index contributed by atoms with van der Waals surface area (Å²) in [5, 5.41) is 17.9. The molecule has 0 radical (unpaired) electrons. The Bertz CT molecular complexity index is 543. The van der Waals surface area contributed by atoms with Crippen LogP contribution in [0.2, 0.25) is 0 Å². The highest BCUT2D eigenvalue weighted by Crippen LogP contribution is 2.09. The van der Waals surface area contributed by atoms with Gasteiger partial charge in [0.1, 0.15) is 0 Å². The van der Waals surface area contributed by atoms with Crippen molar-refractivity contribution < 1.29 is 9.90 Å². The van der Waals surface area contributed by atoms with E-state index in [1.807, 2.05) is 6.92 Å². The number of aliphatic hydroxyl groups is 1. The van der Waals surface area contributed by atoms with Crippen molar-refractivity contribution in [3.63, 3.8) is 0 Å². The molecule has 6 nitrogen and oxygen atoms in total. The van der Waals surface area contributed by atoms with Crippen LogP contribution in [-0.2, 0) is 0 Å². The van der Waals surface area contributed by atoms with E-state index < -0.39 is 6.23 Å². The topological polar surface area (TPSA) is 85.8 Å². The van der Waals surface area contributed by atoms with Crippen LogP contribution in [0.3, 0.4) is 0 Å². The number of allylic oxidation sites excluding steroid dienone is 3. The standard InChI is InChI=1S/C24H44N4O2/c1-3-4-5-6-7-8-9-10-11-12-13-14-15-16-17-18-19-25-24(30)28-23-26-21(2)20-22(29)27-23/h10-11,20,22,29H,3-9,12-19H2,1-2H3,(H3,25,26,27,28,30)/b11-10-. The summed E-state index contributed by atoms with van der Waals surface area (Å²) < 4.78 is 0. The van der Waals surface area contributed by atoms with Crippen LogP contribution in [0.1, 0.15) is 104 Å². The van der Waals surface area contributed by atoms with Gasteiger partial charge < -0.3 is 15.7 Å². The smallest absolute Gasteiger partial charge is 0.321 e. The van der Waals surface area contributed by atoms with Gasteiger partial charge >= 0.3 is 6.03 Å². The van der Waals surface area contributed by atoms with Crippen LogP contribution in [0.5, 0.6) is 0 Å². The van der Waals surface area contributed by atoms with E-state index in [0.717, 1.165) is 18.5 Å². The third-order valence-electron chi connectivity index (χ3n) is 5.18. The monoisotopic (exact) mass is 420 g/mol. The van der Waals surface area contributed by atoms with E-state index in [1.165, 1.54) is 77.0 Å². The van der Waals surface area contributed by atoms with E-state index in [1.54, 1.807) is 6.08 Å². The summed E-state index contributed by atoms with van der Waals surface area (Å²) in [6.45, 7) is 4.72. The van der Waals surface area contributed by atoms with Crippen molar-refractivity contribution in [1.82, 2.24) is 16.0 Å². The lowest BCUT2D eigenvalue weighted by atomic mass is 10.1. The Balaban J connectivity index is 1.84. The van der Waals surface area contributed by atoms with Gasteiger partial charge in [0.25, 0.3) is 0 Å². The molecule has 1 rings (SSSR count). The number of nitrogens with zero attached hydrogens (tertiary/aromatic N) is 1. The van der Waals surface area contributed by atoms with E-state index >= 15 is 0 Å². The predicted octanol–water partition coefficient (Wildman–Crippen LogP) is 5.50. The molecule has 172 valence electrons. The first-order valence-corrected chi connectivity index (χ1v) is 12.0. The van der Waals surface area contributed by atoms with Crippen LogP contribution in [0.15, 0.2) is 28.9 Å². The molecule has 0 spiro atoms. The SMILES string of the molecule is CCCCCCCC/C=C\CCCCCCCCNC(=O)NC1=NC(O)C=C(C)N1. The van der Waals surface area contributed by atoms with Crippen molar-refractivity contribution >= 4 is 12.0 Å². The zero-order chi connectivity index (χ0) is 21.9. The Morgan fingerprint density at radius 1 is 1.00 bits per heavy atom. The molecule has 0 bridgehead atoms. The molecule has 4 N–H and O–H groups in total. The molecule has 1 heterocycles. The summed E-state index contributed by atoms with van der Waals surface area (Å²) in [7, 11) is 0. The van der Waals surface area contributed by atoms with Crippen molar-refractivity contribution in [1.29, 1.82) is 0 Å². The van der Waals surface area contributed by atoms with Gasteiger partial charge in [-0.2, -0.15) is 0 Å². The Morgan fingerprint density at radius 2 is 1.57 bits per heavy atom. The largest absolute Gasteiger partial charge is 0.368 e. The zero-order valence-electron chi connectivity index (χ0n) is 19.2. The second-order valence-corrected chi connectivity index (χ2v) is 8.18. The van der Waals surface area contributed by atoms with E-state index in [2.05, 4.69) is 40.0 Å². The first-order valence-electron chi connectivity index (χ1n) is 12.0. The number of urea groups is 1. The molecule has 1 unspecified atom stereocenters. The highest BCUT2D eigenvalue weighted by Gasteiger charge is 2.12. The summed E-state index contributed by atoms with van der Waals surface area (Å²) in [5.74, 6) is 0.279. The molecule has 1 aliphatic heterocycles. The fourth-order valence-corrected chi connectivity index (χ4v) is 3.44. The second-order valence-electron chi connectivity index (χ2n) is 8.18. The molecule has 0 aliphatic carbocycles. The van der Waals surface area contributed by atoms with Crippen molar-refractivity contribution in [2.24, 2.45) is 4.99 Å². The third kappa shape index (κ3) is 15.1. The maximum atomic E-state index is 11.8. The van der Waals surface area contributed by atoms with Gasteiger partial charge in [-0.3, -0.25) is 5.32 Å². The normalized spacial score (nSPS) is 16.2. The van der Waals surface area contributed by atoms with Crippen molar-refractivity contribution in [2.75, 3.05) is 6.54 Å². The Kier molecular flexibility index (Phi) is 15.7. The van der Waals surface area contributed by atoms with Crippen LogP contribution in [0, 0.1) is 0 Å². The number of nitrogens with one attached hydrogen (secondary N) is 3. The van der Waals surface area contributed by atoms with Crippen molar-refractivity contribution in [3.05, 3.63) is 23.9 Å². The van der Waals surface area contributed by atoms with Crippen LogP contribution in [-0.4, -0.2) is 29.9 Å². The van der Waals surface area contributed by atoms with E-state index in [-0.39, 0.29) is 12.0 Å². The molecular formula is C24H44N4O2. The second kappa shape index (κ2) is 18.0. The van der Waals surface area contributed by atoms with Gasteiger partial charge in [0, 0.05) is 12.2 Å². The fraction of sp³-hybridized carbons (Fsp3) is 0.750. The maximum Gasteiger partial charge on any atom is 0.321 e. The van der Waals surface area contributed by atoms with Gasteiger partial charge in [-0.1, -0.05) is 76.9 Å². The summed E-state index contributed by atoms with van der Waals surface area (Å²) in [6, 6.07) is -0.295. The molecular weight excluding hydrogens is 376 g/mol. The average molecular weight is 421 g/mol. The molecule has 0 fully saturated rings. The van der Waals surface area contributed by atoms with Gasteiger partial charge in [-0.15, -0.1) is 0 Å². The number of aliphatic hydroxyl groups excluding tert-OH is 1. The zero-order valence-corrected chi connectivity index (χ0v) is 19.2. The van der Waals surface area contributed by atoms with Crippen LogP contribution < -0.4 is 16.0 Å². The molecule has 6 heteroatoms. The molecule has 0 aromatic heterocycles. The number of hydrogen-bond donors (Lipinski definition) is 4. The molecule has 1 aliphatic rings. The summed E-state index contributed by atoms with van der Waals surface area (Å²) >= 11 is 0. The van der Waals surface area contributed by atoms with Gasteiger partial charge in [0.05, 0.1) is 0 Å². The Hall–Kier alpha value is -1.82. The minimum absolute atomic E-state index is 0.279.